The van der Waals surface area contributed by atoms with E-state index >= 15 is 0 Å². The first-order chi connectivity index (χ1) is 20.2. The molecule has 0 N–H and O–H groups in total. The minimum Gasteiger partial charge on any atom is -0.465 e. The van der Waals surface area contributed by atoms with Gasteiger partial charge in [-0.25, -0.2) is 19.2 Å². The predicted octanol–water partition coefficient (Wildman–Crippen LogP) is 6.00. The lowest BCUT2D eigenvalue weighted by Crippen LogP contribution is -2.08. The van der Waals surface area contributed by atoms with Gasteiger partial charge in [-0.05, 0) is 17.7 Å². The zero-order valence-corrected chi connectivity index (χ0v) is 27.1. The summed E-state index contributed by atoms with van der Waals surface area (Å²) in [6.07, 6.45) is 4.40. The number of ether oxygens (including phenoxy) is 4. The molecule has 0 fully saturated rings. The first-order valence-corrected chi connectivity index (χ1v) is 16.5. The maximum Gasteiger partial charge on any atom is 0.346 e. The van der Waals surface area contributed by atoms with Crippen LogP contribution in [0.2, 0.25) is 0 Å². The Morgan fingerprint density at radius 3 is 1.24 bits per heavy atom. The van der Waals surface area contributed by atoms with Gasteiger partial charge in [0, 0.05) is 15.4 Å². The molecule has 0 aliphatic carbocycles. The molecule has 1 aromatic rings. The smallest absolute Gasteiger partial charge is 0.346 e. The number of benzene rings is 1. The number of allylic oxidation sites excluding steroid dienone is 3. The molecule has 0 spiro atoms. The molecule has 0 saturated carbocycles. The lowest BCUT2D eigenvalue weighted by atomic mass is 10.1. The van der Waals surface area contributed by atoms with Crippen LogP contribution >= 0.6 is 70.6 Å². The fraction of sp³-hybridized carbons (Fsp3) is 0.148. The minimum absolute atomic E-state index is 0.113. The monoisotopic (exact) mass is 680 g/mol. The molecule has 3 aliphatic rings. The van der Waals surface area contributed by atoms with E-state index in [2.05, 4.69) is 0 Å². The molecule has 0 bridgehead atoms. The van der Waals surface area contributed by atoms with Crippen LogP contribution in [-0.4, -0.2) is 58.6 Å². The highest BCUT2D eigenvalue weighted by atomic mass is 32.2. The van der Waals surface area contributed by atoms with Crippen LogP contribution < -0.4 is 0 Å². The van der Waals surface area contributed by atoms with E-state index in [0.29, 0.717) is 18.3 Å². The van der Waals surface area contributed by atoms with E-state index in [4.69, 9.17) is 18.9 Å². The fourth-order valence-corrected chi connectivity index (χ4v) is 10.9. The van der Waals surface area contributed by atoms with Crippen LogP contribution in [0.1, 0.15) is 5.56 Å². The maximum absolute atomic E-state index is 12.4. The molecule has 9 nitrogen and oxygen atoms in total. The fourth-order valence-electron chi connectivity index (χ4n) is 3.35. The summed E-state index contributed by atoms with van der Waals surface area (Å²) in [5.41, 5.74) is 1.23. The van der Waals surface area contributed by atoms with Gasteiger partial charge in [0.1, 0.15) is 19.6 Å². The summed E-state index contributed by atoms with van der Waals surface area (Å²) in [6.45, 7) is 0. The third-order valence-corrected chi connectivity index (χ3v) is 12.7. The highest BCUT2D eigenvalue weighted by molar-refractivity contribution is 8.31. The lowest BCUT2D eigenvalue weighted by Gasteiger charge is -2.04. The lowest BCUT2D eigenvalue weighted by molar-refractivity contribution is -0.138. The molecule has 0 amide bonds. The average Bonchev–Trinajstić information content (AvgIpc) is 3.74. The number of hydrogen-bond acceptors (Lipinski definition) is 15. The molecule has 0 saturated heterocycles. The van der Waals surface area contributed by atoms with Crippen molar-refractivity contribution in [1.29, 1.82) is 0 Å². The molecule has 42 heavy (non-hydrogen) atoms. The molecule has 0 radical (unpaired) electrons. The zero-order valence-electron chi connectivity index (χ0n) is 22.2. The van der Waals surface area contributed by atoms with Crippen molar-refractivity contribution in [2.24, 2.45) is 0 Å². The summed E-state index contributed by atoms with van der Waals surface area (Å²) < 4.78 is 21.3. The van der Waals surface area contributed by atoms with Gasteiger partial charge in [0.25, 0.3) is 0 Å². The van der Waals surface area contributed by atoms with E-state index in [1.807, 2.05) is 30.3 Å². The normalized spacial score (nSPS) is 16.5. The summed E-state index contributed by atoms with van der Waals surface area (Å²) in [5, 5.41) is 0. The number of hydrogen-bond donors (Lipinski definition) is 0. The van der Waals surface area contributed by atoms with Crippen LogP contribution in [0.4, 0.5) is 0 Å². The number of thioether (sulfide) groups is 6. The van der Waals surface area contributed by atoms with E-state index in [1.54, 1.807) is 12.2 Å². The average molecular weight is 681 g/mol. The predicted molar refractivity (Wildman–Crippen MR) is 170 cm³/mol. The molecule has 4 rings (SSSR count). The van der Waals surface area contributed by atoms with Gasteiger partial charge in [-0.2, -0.15) is 0 Å². The summed E-state index contributed by atoms with van der Waals surface area (Å²) in [4.78, 5) is 63.6. The summed E-state index contributed by atoms with van der Waals surface area (Å²) in [5.74, 6) is -2.65. The highest BCUT2D eigenvalue weighted by Crippen LogP contribution is 2.58. The Labute approximate surface area is 266 Å². The van der Waals surface area contributed by atoms with Crippen molar-refractivity contribution in [2.45, 2.75) is 0 Å². The maximum atomic E-state index is 12.4. The Morgan fingerprint density at radius 2 is 0.929 bits per heavy atom. The second kappa shape index (κ2) is 14.7. The molecule has 1 aromatic carbocycles. The van der Waals surface area contributed by atoms with E-state index < -0.39 is 23.9 Å². The Balaban J connectivity index is 1.76. The van der Waals surface area contributed by atoms with Gasteiger partial charge in [-0.3, -0.25) is 4.79 Å². The molecule has 15 heteroatoms. The minimum atomic E-state index is -0.663. The number of rotatable bonds is 8. The Hall–Kier alpha value is -2.69. The third kappa shape index (κ3) is 7.09. The van der Waals surface area contributed by atoms with Crippen molar-refractivity contribution < 1.29 is 42.9 Å². The van der Waals surface area contributed by atoms with E-state index in [1.165, 1.54) is 52.0 Å². The second-order valence-electron chi connectivity index (χ2n) is 7.74. The topological polar surface area (TPSA) is 122 Å². The van der Waals surface area contributed by atoms with Crippen LogP contribution in [0.3, 0.4) is 0 Å². The van der Waals surface area contributed by atoms with Gasteiger partial charge in [-0.1, -0.05) is 101 Å². The van der Waals surface area contributed by atoms with E-state index in [9.17, 15) is 24.0 Å². The highest BCUT2D eigenvalue weighted by Gasteiger charge is 2.35. The van der Waals surface area contributed by atoms with E-state index in [-0.39, 0.29) is 19.6 Å². The number of esters is 4. The van der Waals surface area contributed by atoms with Crippen molar-refractivity contribution in [1.82, 2.24) is 0 Å². The van der Waals surface area contributed by atoms with Crippen molar-refractivity contribution in [3.05, 3.63) is 90.2 Å². The Bertz CT molecular complexity index is 1400. The third-order valence-electron chi connectivity index (χ3n) is 5.27. The number of carbonyl (C=O) groups excluding carboxylic acids is 5. The Kier molecular flexibility index (Phi) is 11.3. The Morgan fingerprint density at radius 1 is 0.571 bits per heavy atom. The van der Waals surface area contributed by atoms with E-state index in [0.717, 1.165) is 68.7 Å². The van der Waals surface area contributed by atoms with Crippen LogP contribution in [0, 0.1) is 0 Å². The zero-order chi connectivity index (χ0) is 30.4. The summed E-state index contributed by atoms with van der Waals surface area (Å²) in [7, 11) is 4.91. The summed E-state index contributed by atoms with van der Waals surface area (Å²) >= 11 is 7.00. The van der Waals surface area contributed by atoms with Crippen LogP contribution in [0.15, 0.2) is 84.6 Å². The SMILES string of the molecule is COC(=O)C1=C(C(=O)OC)SC(=CC2=C(C=C3SC(C(=O)OC)=C(C(=O)OC)S3)SC(=C(C=O)c3ccccc3)S2)S1. The molecular weight excluding hydrogens is 661 g/mol. The molecule has 0 atom stereocenters. The van der Waals surface area contributed by atoms with Crippen LogP contribution in [-0.2, 0) is 42.9 Å². The number of carbonyl (C=O) groups is 5. The molecule has 0 unspecified atom stereocenters. The van der Waals surface area contributed by atoms with Crippen molar-refractivity contribution in [3.8, 4) is 0 Å². The number of methoxy groups -OCH3 is 4. The van der Waals surface area contributed by atoms with Crippen LogP contribution in [0.5, 0.6) is 0 Å². The van der Waals surface area contributed by atoms with Crippen LogP contribution in [0.25, 0.3) is 5.57 Å². The van der Waals surface area contributed by atoms with Gasteiger partial charge in [0.2, 0.25) is 0 Å². The summed E-state index contributed by atoms with van der Waals surface area (Å²) in [6, 6.07) is 9.20. The molecule has 3 aliphatic heterocycles. The van der Waals surface area contributed by atoms with Gasteiger partial charge in [0.15, 0.2) is 6.29 Å². The molecule has 218 valence electrons. The quantitative estimate of drug-likeness (QED) is 0.138. The van der Waals surface area contributed by atoms with Crippen molar-refractivity contribution in [2.75, 3.05) is 28.4 Å². The van der Waals surface area contributed by atoms with Gasteiger partial charge >= 0.3 is 23.9 Å². The molecule has 3 heterocycles. The molecule has 0 aromatic heterocycles. The van der Waals surface area contributed by atoms with Crippen molar-refractivity contribution in [3.63, 3.8) is 0 Å². The largest absolute Gasteiger partial charge is 0.465 e. The first-order valence-electron chi connectivity index (χ1n) is 11.6. The standard InChI is InChI=1S/C27H20O9S6/c1-33-23(29)19-20(24(30)34-2)40-17(39-19)10-15-16(38-27(37-15)14(12-28)13-8-6-5-7-9-13)11-18-41-21(25(31)35-3)22(42-18)26(32)36-4/h5-12H,1-4H3. The van der Waals surface area contributed by atoms with Crippen molar-refractivity contribution >= 4 is 106 Å². The van der Waals surface area contributed by atoms with Gasteiger partial charge < -0.3 is 18.9 Å². The van der Waals surface area contributed by atoms with Gasteiger partial charge in [0.05, 0.1) is 41.2 Å². The van der Waals surface area contributed by atoms with Gasteiger partial charge in [-0.15, -0.1) is 0 Å². The number of aldehydes is 1. The first kappa shape index (κ1) is 32.2. The second-order valence-corrected chi connectivity index (χ2v) is 14.8. The molecular formula is C27H20O9S6.